The molecule has 0 N–H and O–H groups in total. The highest BCUT2D eigenvalue weighted by atomic mass is 14.2. The first-order valence-electron chi connectivity index (χ1n) is 5.94. The SMILES string of the molecule is Cc1cc(C)c2c(c1)-c1ccccc1C#CC2. The summed E-state index contributed by atoms with van der Waals surface area (Å²) in [5, 5.41) is 0. The number of aryl methyl sites for hydroxylation is 2. The molecule has 3 rings (SSSR count). The molecule has 0 radical (unpaired) electrons. The van der Waals surface area contributed by atoms with Gasteiger partial charge in [0, 0.05) is 12.0 Å². The van der Waals surface area contributed by atoms with E-state index >= 15 is 0 Å². The number of rotatable bonds is 0. The van der Waals surface area contributed by atoms with Crippen LogP contribution in [0.2, 0.25) is 0 Å². The summed E-state index contributed by atoms with van der Waals surface area (Å²) in [5.74, 6) is 6.54. The Balaban J connectivity index is 2.38. The lowest BCUT2D eigenvalue weighted by molar-refractivity contribution is 1.23. The molecule has 0 aliphatic heterocycles. The maximum absolute atomic E-state index is 3.27. The molecule has 0 atom stereocenters. The van der Waals surface area contributed by atoms with Crippen LogP contribution in [-0.2, 0) is 6.42 Å². The van der Waals surface area contributed by atoms with Gasteiger partial charge in [0.15, 0.2) is 0 Å². The molecule has 82 valence electrons. The normalized spacial score (nSPS) is 11.9. The van der Waals surface area contributed by atoms with Crippen molar-refractivity contribution < 1.29 is 0 Å². The van der Waals surface area contributed by atoms with Gasteiger partial charge in [-0.15, -0.1) is 0 Å². The molecule has 0 unspecified atom stereocenters. The molecule has 2 aromatic carbocycles. The molecule has 1 aliphatic rings. The number of benzene rings is 2. The van der Waals surface area contributed by atoms with E-state index in [-0.39, 0.29) is 0 Å². The average molecular weight is 218 g/mol. The van der Waals surface area contributed by atoms with Crippen LogP contribution in [0.4, 0.5) is 0 Å². The largest absolute Gasteiger partial charge is 0.0930 e. The van der Waals surface area contributed by atoms with Gasteiger partial charge in [0.2, 0.25) is 0 Å². The predicted molar refractivity (Wildman–Crippen MR) is 71.9 cm³/mol. The van der Waals surface area contributed by atoms with Gasteiger partial charge in [0.25, 0.3) is 0 Å². The van der Waals surface area contributed by atoms with Crippen molar-refractivity contribution in [1.82, 2.24) is 0 Å². The third-order valence-corrected chi connectivity index (χ3v) is 3.32. The van der Waals surface area contributed by atoms with E-state index in [1.54, 1.807) is 0 Å². The Kier molecular flexibility index (Phi) is 2.27. The first kappa shape index (κ1) is 10.2. The highest BCUT2D eigenvalue weighted by Crippen LogP contribution is 2.31. The van der Waals surface area contributed by atoms with Gasteiger partial charge >= 0.3 is 0 Å². The second kappa shape index (κ2) is 3.79. The molecule has 0 amide bonds. The molecule has 2 aromatic rings. The van der Waals surface area contributed by atoms with Crippen molar-refractivity contribution in [3.05, 3.63) is 58.7 Å². The molecule has 0 saturated heterocycles. The smallest absolute Gasteiger partial charge is 0.0352 e. The van der Waals surface area contributed by atoms with Crippen molar-refractivity contribution in [2.24, 2.45) is 0 Å². The molecule has 0 aromatic heterocycles. The van der Waals surface area contributed by atoms with Crippen LogP contribution in [0.5, 0.6) is 0 Å². The van der Waals surface area contributed by atoms with Gasteiger partial charge in [-0.2, -0.15) is 0 Å². The summed E-state index contributed by atoms with van der Waals surface area (Å²) in [4.78, 5) is 0. The van der Waals surface area contributed by atoms with Gasteiger partial charge in [-0.3, -0.25) is 0 Å². The molecule has 0 saturated carbocycles. The van der Waals surface area contributed by atoms with Crippen LogP contribution >= 0.6 is 0 Å². The lowest BCUT2D eigenvalue weighted by Crippen LogP contribution is -1.94. The van der Waals surface area contributed by atoms with Crippen LogP contribution in [0.1, 0.15) is 22.3 Å². The fourth-order valence-corrected chi connectivity index (χ4v) is 2.53. The molecule has 17 heavy (non-hydrogen) atoms. The van der Waals surface area contributed by atoms with Gasteiger partial charge in [-0.1, -0.05) is 47.7 Å². The lowest BCUT2D eigenvalue weighted by Gasteiger charge is -2.12. The summed E-state index contributed by atoms with van der Waals surface area (Å²) < 4.78 is 0. The van der Waals surface area contributed by atoms with Crippen LogP contribution in [0.25, 0.3) is 11.1 Å². The van der Waals surface area contributed by atoms with Crippen LogP contribution in [0.3, 0.4) is 0 Å². The monoisotopic (exact) mass is 218 g/mol. The molecule has 1 aliphatic carbocycles. The van der Waals surface area contributed by atoms with Crippen molar-refractivity contribution in [3.8, 4) is 23.0 Å². The van der Waals surface area contributed by atoms with E-state index in [0.29, 0.717) is 0 Å². The Morgan fingerprint density at radius 2 is 1.82 bits per heavy atom. The first-order valence-corrected chi connectivity index (χ1v) is 5.94. The Labute approximate surface area is 102 Å². The standard InChI is InChI=1S/C17H14/c1-12-10-13(2)15-9-5-7-14-6-3-4-8-16(14)17(15)11-12/h3-4,6,8,10-11H,9H2,1-2H3. The van der Waals surface area contributed by atoms with E-state index in [0.717, 1.165) is 12.0 Å². The minimum atomic E-state index is 0.857. The Bertz CT molecular complexity index is 651. The highest BCUT2D eigenvalue weighted by molar-refractivity contribution is 5.77. The molecular weight excluding hydrogens is 204 g/mol. The summed E-state index contributed by atoms with van der Waals surface area (Å²) in [6.07, 6.45) is 0.857. The fraction of sp³-hybridized carbons (Fsp3) is 0.176. The van der Waals surface area contributed by atoms with E-state index < -0.39 is 0 Å². The van der Waals surface area contributed by atoms with Crippen molar-refractivity contribution >= 4 is 0 Å². The van der Waals surface area contributed by atoms with Gasteiger partial charge in [-0.25, -0.2) is 0 Å². The maximum Gasteiger partial charge on any atom is 0.0352 e. The van der Waals surface area contributed by atoms with Crippen LogP contribution in [0.15, 0.2) is 36.4 Å². The quantitative estimate of drug-likeness (QED) is 0.589. The summed E-state index contributed by atoms with van der Waals surface area (Å²) in [7, 11) is 0. The molecule has 0 heterocycles. The molecule has 0 fully saturated rings. The van der Waals surface area contributed by atoms with Crippen molar-refractivity contribution in [3.63, 3.8) is 0 Å². The molecular formula is C17H14. The topological polar surface area (TPSA) is 0 Å². The summed E-state index contributed by atoms with van der Waals surface area (Å²) in [6, 6.07) is 12.9. The molecule has 0 nitrogen and oxygen atoms in total. The van der Waals surface area contributed by atoms with Gasteiger partial charge in [-0.05, 0) is 42.2 Å². The Hall–Kier alpha value is -2.00. The summed E-state index contributed by atoms with van der Waals surface area (Å²) >= 11 is 0. The van der Waals surface area contributed by atoms with E-state index in [2.05, 4.69) is 62.1 Å². The van der Waals surface area contributed by atoms with Crippen LogP contribution in [-0.4, -0.2) is 0 Å². The Morgan fingerprint density at radius 1 is 1.00 bits per heavy atom. The second-order valence-corrected chi connectivity index (χ2v) is 4.63. The Morgan fingerprint density at radius 3 is 2.71 bits per heavy atom. The lowest BCUT2D eigenvalue weighted by atomic mass is 9.91. The van der Waals surface area contributed by atoms with E-state index in [1.165, 1.54) is 27.8 Å². The zero-order valence-corrected chi connectivity index (χ0v) is 10.2. The van der Waals surface area contributed by atoms with Gasteiger partial charge < -0.3 is 0 Å². The third kappa shape index (κ3) is 1.65. The molecule has 0 heteroatoms. The number of hydrogen-bond acceptors (Lipinski definition) is 0. The minimum Gasteiger partial charge on any atom is -0.0930 e. The first-order chi connectivity index (χ1) is 8.25. The van der Waals surface area contributed by atoms with Gasteiger partial charge in [0.05, 0.1) is 0 Å². The predicted octanol–water partition coefficient (Wildman–Crippen LogP) is 3.88. The fourth-order valence-electron chi connectivity index (χ4n) is 2.53. The number of hydrogen-bond donors (Lipinski definition) is 0. The van der Waals surface area contributed by atoms with E-state index in [1.807, 2.05) is 0 Å². The van der Waals surface area contributed by atoms with Crippen molar-refractivity contribution in [2.75, 3.05) is 0 Å². The van der Waals surface area contributed by atoms with E-state index in [9.17, 15) is 0 Å². The second-order valence-electron chi connectivity index (χ2n) is 4.63. The minimum absolute atomic E-state index is 0.857. The number of fused-ring (bicyclic) bond motifs is 3. The molecule has 0 bridgehead atoms. The summed E-state index contributed by atoms with van der Waals surface area (Å²) in [5.41, 5.74) is 7.82. The van der Waals surface area contributed by atoms with Gasteiger partial charge in [0.1, 0.15) is 0 Å². The van der Waals surface area contributed by atoms with E-state index in [4.69, 9.17) is 0 Å². The average Bonchev–Trinajstić information content (AvgIpc) is 2.49. The zero-order chi connectivity index (χ0) is 11.8. The van der Waals surface area contributed by atoms with Crippen molar-refractivity contribution in [2.45, 2.75) is 20.3 Å². The third-order valence-electron chi connectivity index (χ3n) is 3.32. The highest BCUT2D eigenvalue weighted by Gasteiger charge is 2.12. The van der Waals surface area contributed by atoms with Crippen molar-refractivity contribution in [1.29, 1.82) is 0 Å². The summed E-state index contributed by atoms with van der Waals surface area (Å²) in [6.45, 7) is 4.34. The molecule has 0 spiro atoms. The zero-order valence-electron chi connectivity index (χ0n) is 10.2. The van der Waals surface area contributed by atoms with Crippen LogP contribution < -0.4 is 0 Å². The maximum atomic E-state index is 3.27. The van der Waals surface area contributed by atoms with Crippen LogP contribution in [0, 0.1) is 25.7 Å².